The van der Waals surface area contributed by atoms with Gasteiger partial charge in [0.1, 0.15) is 0 Å². The number of carbonyl (C=O) groups is 1. The molecule has 1 unspecified atom stereocenters. The molecule has 0 radical (unpaired) electrons. The van der Waals surface area contributed by atoms with Crippen molar-refractivity contribution in [3.63, 3.8) is 0 Å². The number of nitrogens with two attached hydrogens (primary N) is 1. The normalized spacial score (nSPS) is 20.8. The number of rotatable bonds is 9. The summed E-state index contributed by atoms with van der Waals surface area (Å²) in [5, 5.41) is 0. The van der Waals surface area contributed by atoms with Crippen LogP contribution in [0.3, 0.4) is 0 Å². The van der Waals surface area contributed by atoms with E-state index in [0.717, 1.165) is 50.7 Å². The molecule has 104 valence electrons. The minimum Gasteiger partial charge on any atom is -0.342 e. The summed E-state index contributed by atoms with van der Waals surface area (Å²) >= 11 is 0. The van der Waals surface area contributed by atoms with E-state index in [-0.39, 0.29) is 0 Å². The first-order valence-corrected chi connectivity index (χ1v) is 7.67. The van der Waals surface area contributed by atoms with Gasteiger partial charge in [0.25, 0.3) is 0 Å². The molecule has 0 spiro atoms. The van der Waals surface area contributed by atoms with Crippen LogP contribution in [0.15, 0.2) is 0 Å². The van der Waals surface area contributed by atoms with Crippen molar-refractivity contribution in [2.24, 2.45) is 23.5 Å². The number of nitrogens with zero attached hydrogens (tertiary/aromatic N) is 1. The van der Waals surface area contributed by atoms with Crippen LogP contribution in [0.25, 0.3) is 0 Å². The summed E-state index contributed by atoms with van der Waals surface area (Å²) in [4.78, 5) is 14.4. The molecule has 3 heteroatoms. The van der Waals surface area contributed by atoms with Crippen molar-refractivity contribution in [2.45, 2.75) is 51.9 Å². The monoisotopic (exact) mass is 252 g/mol. The lowest BCUT2D eigenvalue weighted by Crippen LogP contribution is -2.34. The zero-order valence-corrected chi connectivity index (χ0v) is 11.7. The third-order valence-corrected chi connectivity index (χ3v) is 4.21. The Morgan fingerprint density at radius 2 is 1.72 bits per heavy atom. The van der Waals surface area contributed by atoms with E-state index in [9.17, 15) is 4.79 Å². The van der Waals surface area contributed by atoms with Crippen molar-refractivity contribution < 1.29 is 4.79 Å². The van der Waals surface area contributed by atoms with Gasteiger partial charge in [-0.3, -0.25) is 4.79 Å². The van der Waals surface area contributed by atoms with Gasteiger partial charge in [0.15, 0.2) is 0 Å². The molecule has 0 heterocycles. The van der Waals surface area contributed by atoms with Gasteiger partial charge in [-0.25, -0.2) is 0 Å². The molecule has 2 N–H and O–H groups in total. The standard InChI is InChI=1S/C15H28N2O/c1-12(8-9-16)2-7-15(18)17(10-13-3-4-13)11-14-5-6-14/h12-14H,2-11,16H2,1H3. The maximum absolute atomic E-state index is 12.3. The van der Waals surface area contributed by atoms with Gasteiger partial charge in [-0.15, -0.1) is 0 Å². The highest BCUT2D eigenvalue weighted by atomic mass is 16.2. The summed E-state index contributed by atoms with van der Waals surface area (Å²) in [6.45, 7) is 5.00. The number of hydrogen-bond acceptors (Lipinski definition) is 2. The van der Waals surface area contributed by atoms with Crippen LogP contribution in [0.5, 0.6) is 0 Å². The van der Waals surface area contributed by atoms with Crippen LogP contribution in [0.2, 0.25) is 0 Å². The first kappa shape index (κ1) is 13.9. The lowest BCUT2D eigenvalue weighted by atomic mass is 10.0. The highest BCUT2D eigenvalue weighted by Crippen LogP contribution is 2.34. The van der Waals surface area contributed by atoms with Crippen molar-refractivity contribution in [3.8, 4) is 0 Å². The number of carbonyl (C=O) groups excluding carboxylic acids is 1. The highest BCUT2D eigenvalue weighted by Gasteiger charge is 2.31. The fourth-order valence-electron chi connectivity index (χ4n) is 2.46. The smallest absolute Gasteiger partial charge is 0.222 e. The molecule has 2 aliphatic rings. The van der Waals surface area contributed by atoms with Crippen LogP contribution < -0.4 is 5.73 Å². The van der Waals surface area contributed by atoms with E-state index in [4.69, 9.17) is 5.73 Å². The average Bonchev–Trinajstić information content (AvgIpc) is 3.20. The predicted octanol–water partition coefficient (Wildman–Crippen LogP) is 2.40. The van der Waals surface area contributed by atoms with Gasteiger partial charge >= 0.3 is 0 Å². The SMILES string of the molecule is CC(CCN)CCC(=O)N(CC1CC1)CC1CC1. The third kappa shape index (κ3) is 4.97. The summed E-state index contributed by atoms with van der Waals surface area (Å²) < 4.78 is 0. The molecule has 0 aromatic carbocycles. The number of amides is 1. The van der Waals surface area contributed by atoms with E-state index >= 15 is 0 Å². The molecule has 0 bridgehead atoms. The minimum absolute atomic E-state index is 0.387. The first-order valence-electron chi connectivity index (χ1n) is 7.67. The fraction of sp³-hybridized carbons (Fsp3) is 0.933. The van der Waals surface area contributed by atoms with Crippen LogP contribution in [0.1, 0.15) is 51.9 Å². The third-order valence-electron chi connectivity index (χ3n) is 4.21. The zero-order valence-electron chi connectivity index (χ0n) is 11.7. The summed E-state index contributed by atoms with van der Waals surface area (Å²) in [6.07, 6.45) is 8.09. The van der Waals surface area contributed by atoms with Crippen molar-refractivity contribution in [1.29, 1.82) is 0 Å². The second-order valence-electron chi connectivity index (χ2n) is 6.41. The topological polar surface area (TPSA) is 46.3 Å². The molecular formula is C15H28N2O. The Labute approximate surface area is 111 Å². The summed E-state index contributed by atoms with van der Waals surface area (Å²) in [7, 11) is 0. The molecule has 18 heavy (non-hydrogen) atoms. The molecule has 0 saturated heterocycles. The second kappa shape index (κ2) is 6.55. The molecule has 0 aromatic rings. The molecule has 2 saturated carbocycles. The minimum atomic E-state index is 0.387. The Bertz CT molecular complexity index is 258. The molecule has 2 aliphatic carbocycles. The lowest BCUT2D eigenvalue weighted by molar-refractivity contribution is -0.132. The van der Waals surface area contributed by atoms with E-state index in [1.807, 2.05) is 0 Å². The summed E-state index contributed by atoms with van der Waals surface area (Å²) in [5.41, 5.74) is 5.55. The molecule has 0 aromatic heterocycles. The first-order chi connectivity index (χ1) is 8.69. The molecule has 2 rings (SSSR count). The van der Waals surface area contributed by atoms with E-state index in [0.29, 0.717) is 11.8 Å². The number of hydrogen-bond donors (Lipinski definition) is 1. The van der Waals surface area contributed by atoms with Gasteiger partial charge in [0, 0.05) is 19.5 Å². The van der Waals surface area contributed by atoms with Crippen LogP contribution in [0, 0.1) is 17.8 Å². The molecule has 1 amide bonds. The highest BCUT2D eigenvalue weighted by molar-refractivity contribution is 5.76. The van der Waals surface area contributed by atoms with Gasteiger partial charge in [-0.1, -0.05) is 6.92 Å². The van der Waals surface area contributed by atoms with Gasteiger partial charge in [0.05, 0.1) is 0 Å². The Kier molecular flexibility index (Phi) is 5.04. The molecular weight excluding hydrogens is 224 g/mol. The molecule has 0 aliphatic heterocycles. The zero-order chi connectivity index (χ0) is 13.0. The Hall–Kier alpha value is -0.570. The van der Waals surface area contributed by atoms with Gasteiger partial charge in [0.2, 0.25) is 5.91 Å². The summed E-state index contributed by atoms with van der Waals surface area (Å²) in [5.74, 6) is 2.60. The van der Waals surface area contributed by atoms with Crippen molar-refractivity contribution in [1.82, 2.24) is 4.90 Å². The van der Waals surface area contributed by atoms with E-state index in [2.05, 4.69) is 11.8 Å². The Morgan fingerprint density at radius 3 is 2.17 bits per heavy atom. The van der Waals surface area contributed by atoms with Crippen molar-refractivity contribution in [3.05, 3.63) is 0 Å². The van der Waals surface area contributed by atoms with Crippen LogP contribution >= 0.6 is 0 Å². The lowest BCUT2D eigenvalue weighted by Gasteiger charge is -2.23. The van der Waals surface area contributed by atoms with E-state index in [1.54, 1.807) is 0 Å². The van der Waals surface area contributed by atoms with Crippen molar-refractivity contribution in [2.75, 3.05) is 19.6 Å². The van der Waals surface area contributed by atoms with Crippen LogP contribution in [-0.2, 0) is 4.79 Å². The predicted molar refractivity (Wildman–Crippen MR) is 74.1 cm³/mol. The average molecular weight is 252 g/mol. The maximum Gasteiger partial charge on any atom is 0.222 e. The van der Waals surface area contributed by atoms with Gasteiger partial charge < -0.3 is 10.6 Å². The van der Waals surface area contributed by atoms with Crippen LogP contribution in [-0.4, -0.2) is 30.4 Å². The summed E-state index contributed by atoms with van der Waals surface area (Å²) in [6, 6.07) is 0. The van der Waals surface area contributed by atoms with Crippen LogP contribution in [0.4, 0.5) is 0 Å². The largest absolute Gasteiger partial charge is 0.342 e. The molecule has 1 atom stereocenters. The van der Waals surface area contributed by atoms with Crippen molar-refractivity contribution >= 4 is 5.91 Å². The molecule has 2 fully saturated rings. The second-order valence-corrected chi connectivity index (χ2v) is 6.41. The quantitative estimate of drug-likeness (QED) is 0.685. The van der Waals surface area contributed by atoms with Gasteiger partial charge in [-0.05, 0) is 62.8 Å². The van der Waals surface area contributed by atoms with E-state index in [1.165, 1.54) is 25.7 Å². The fourth-order valence-corrected chi connectivity index (χ4v) is 2.46. The Morgan fingerprint density at radius 1 is 1.17 bits per heavy atom. The van der Waals surface area contributed by atoms with E-state index < -0.39 is 0 Å². The Balaban J connectivity index is 1.71. The van der Waals surface area contributed by atoms with Gasteiger partial charge in [-0.2, -0.15) is 0 Å². The maximum atomic E-state index is 12.3. The molecule has 3 nitrogen and oxygen atoms in total.